The van der Waals surface area contributed by atoms with Crippen LogP contribution in [0.3, 0.4) is 0 Å². The largest absolute Gasteiger partial charge is 0.399 e. The zero-order chi connectivity index (χ0) is 13.1. The summed E-state index contributed by atoms with van der Waals surface area (Å²) in [5.41, 5.74) is 13.5. The van der Waals surface area contributed by atoms with Gasteiger partial charge in [0.05, 0.1) is 16.9 Å². The van der Waals surface area contributed by atoms with Crippen molar-refractivity contribution in [3.8, 4) is 0 Å². The topological polar surface area (TPSA) is 81.1 Å². The minimum atomic E-state index is -0.504. The molecule has 0 atom stereocenters. The van der Waals surface area contributed by atoms with Crippen LogP contribution < -0.4 is 16.8 Å². The summed E-state index contributed by atoms with van der Waals surface area (Å²) in [7, 11) is 0. The smallest absolute Gasteiger partial charge is 0.250 e. The highest BCUT2D eigenvalue weighted by atomic mass is 127. The van der Waals surface area contributed by atoms with Gasteiger partial charge < -0.3 is 16.8 Å². The Bertz CT molecular complexity index is 599. The molecule has 2 aromatic rings. The third kappa shape index (κ3) is 2.73. The van der Waals surface area contributed by atoms with Crippen molar-refractivity contribution in [1.29, 1.82) is 0 Å². The van der Waals surface area contributed by atoms with Crippen LogP contribution in [-0.2, 0) is 0 Å². The molecule has 5 N–H and O–H groups in total. The molecular formula is C13H12IN3O. The van der Waals surface area contributed by atoms with E-state index in [4.69, 9.17) is 11.5 Å². The molecule has 2 aromatic carbocycles. The number of rotatable bonds is 3. The minimum Gasteiger partial charge on any atom is -0.399 e. The first-order valence-corrected chi connectivity index (χ1v) is 6.36. The number of carbonyl (C=O) groups is 1. The molecule has 0 saturated carbocycles. The Hall–Kier alpha value is -1.76. The first-order chi connectivity index (χ1) is 8.58. The highest BCUT2D eigenvalue weighted by Gasteiger charge is 2.09. The SMILES string of the molecule is NC(=O)c1cc(N)ccc1Nc1ccccc1I. The van der Waals surface area contributed by atoms with E-state index in [2.05, 4.69) is 27.9 Å². The molecule has 2 rings (SSSR count). The number of nitrogens with one attached hydrogen (secondary N) is 1. The Balaban J connectivity index is 2.41. The van der Waals surface area contributed by atoms with E-state index in [1.165, 1.54) is 0 Å². The summed E-state index contributed by atoms with van der Waals surface area (Å²) in [6.07, 6.45) is 0. The van der Waals surface area contributed by atoms with Crippen molar-refractivity contribution < 1.29 is 4.79 Å². The summed E-state index contributed by atoms with van der Waals surface area (Å²) in [4.78, 5) is 11.4. The van der Waals surface area contributed by atoms with Gasteiger partial charge in [0.15, 0.2) is 0 Å². The molecule has 0 aliphatic rings. The lowest BCUT2D eigenvalue weighted by atomic mass is 10.1. The van der Waals surface area contributed by atoms with Crippen molar-refractivity contribution in [2.75, 3.05) is 11.1 Å². The number of amides is 1. The molecule has 18 heavy (non-hydrogen) atoms. The number of nitrogen functional groups attached to an aromatic ring is 1. The van der Waals surface area contributed by atoms with Crippen LogP contribution in [0, 0.1) is 3.57 Å². The van der Waals surface area contributed by atoms with Crippen LogP contribution in [-0.4, -0.2) is 5.91 Å². The van der Waals surface area contributed by atoms with E-state index >= 15 is 0 Å². The lowest BCUT2D eigenvalue weighted by Crippen LogP contribution is -2.14. The number of para-hydroxylation sites is 1. The standard InChI is InChI=1S/C13H12IN3O/c14-10-3-1-2-4-12(10)17-11-6-5-8(15)7-9(11)13(16)18/h1-7,17H,15H2,(H2,16,18). The molecule has 0 aliphatic carbocycles. The second-order valence-corrected chi connectivity index (χ2v) is 4.94. The molecule has 0 spiro atoms. The number of hydrogen-bond acceptors (Lipinski definition) is 3. The average molecular weight is 353 g/mol. The van der Waals surface area contributed by atoms with Crippen LogP contribution in [0.25, 0.3) is 0 Å². The van der Waals surface area contributed by atoms with E-state index in [1.807, 2.05) is 24.3 Å². The van der Waals surface area contributed by atoms with Gasteiger partial charge in [-0.2, -0.15) is 0 Å². The summed E-state index contributed by atoms with van der Waals surface area (Å²) in [6, 6.07) is 12.8. The normalized spacial score (nSPS) is 10.1. The fraction of sp³-hybridized carbons (Fsp3) is 0. The average Bonchev–Trinajstić information content (AvgIpc) is 2.34. The Morgan fingerprint density at radius 1 is 1.11 bits per heavy atom. The molecular weight excluding hydrogens is 341 g/mol. The second-order valence-electron chi connectivity index (χ2n) is 3.77. The Morgan fingerprint density at radius 2 is 1.83 bits per heavy atom. The number of benzene rings is 2. The van der Waals surface area contributed by atoms with Crippen LogP contribution in [0.15, 0.2) is 42.5 Å². The van der Waals surface area contributed by atoms with Gasteiger partial charge in [0, 0.05) is 9.26 Å². The highest BCUT2D eigenvalue weighted by molar-refractivity contribution is 14.1. The Morgan fingerprint density at radius 3 is 2.50 bits per heavy atom. The fourth-order valence-corrected chi connectivity index (χ4v) is 2.10. The third-order valence-corrected chi connectivity index (χ3v) is 3.39. The van der Waals surface area contributed by atoms with Crippen molar-refractivity contribution in [3.63, 3.8) is 0 Å². The quantitative estimate of drug-likeness (QED) is 0.586. The van der Waals surface area contributed by atoms with Gasteiger partial charge in [-0.15, -0.1) is 0 Å². The number of anilines is 3. The molecule has 0 saturated heterocycles. The lowest BCUT2D eigenvalue weighted by Gasteiger charge is -2.12. The lowest BCUT2D eigenvalue weighted by molar-refractivity contribution is 0.100. The third-order valence-electron chi connectivity index (χ3n) is 2.45. The number of halogens is 1. The number of hydrogen-bond donors (Lipinski definition) is 3. The number of primary amides is 1. The van der Waals surface area contributed by atoms with Gasteiger partial charge in [0.1, 0.15) is 0 Å². The number of carbonyl (C=O) groups excluding carboxylic acids is 1. The maximum absolute atomic E-state index is 11.4. The van der Waals surface area contributed by atoms with Gasteiger partial charge in [0.2, 0.25) is 0 Å². The molecule has 4 nitrogen and oxygen atoms in total. The predicted molar refractivity (Wildman–Crippen MR) is 81.8 cm³/mol. The van der Waals surface area contributed by atoms with Crippen molar-refractivity contribution in [1.82, 2.24) is 0 Å². The Kier molecular flexibility index (Phi) is 3.71. The van der Waals surface area contributed by atoms with E-state index in [-0.39, 0.29) is 0 Å². The maximum atomic E-state index is 11.4. The van der Waals surface area contributed by atoms with Gasteiger partial charge in [-0.05, 0) is 52.9 Å². The summed E-state index contributed by atoms with van der Waals surface area (Å²) in [5.74, 6) is -0.504. The first-order valence-electron chi connectivity index (χ1n) is 5.29. The van der Waals surface area contributed by atoms with Gasteiger partial charge in [-0.1, -0.05) is 12.1 Å². The van der Waals surface area contributed by atoms with Crippen LogP contribution >= 0.6 is 22.6 Å². The van der Waals surface area contributed by atoms with Gasteiger partial charge in [0.25, 0.3) is 5.91 Å². The Labute approximate surface area is 119 Å². The molecule has 0 unspecified atom stereocenters. The summed E-state index contributed by atoms with van der Waals surface area (Å²) >= 11 is 2.22. The van der Waals surface area contributed by atoms with Crippen LogP contribution in [0.4, 0.5) is 17.1 Å². The van der Waals surface area contributed by atoms with Crippen molar-refractivity contribution in [2.45, 2.75) is 0 Å². The molecule has 0 heterocycles. The summed E-state index contributed by atoms with van der Waals surface area (Å²) in [5, 5.41) is 3.19. The van der Waals surface area contributed by atoms with Crippen molar-refractivity contribution in [3.05, 3.63) is 51.6 Å². The fourth-order valence-electron chi connectivity index (χ4n) is 1.58. The van der Waals surface area contributed by atoms with E-state index < -0.39 is 5.91 Å². The van der Waals surface area contributed by atoms with Gasteiger partial charge in [-0.25, -0.2) is 0 Å². The summed E-state index contributed by atoms with van der Waals surface area (Å²) in [6.45, 7) is 0. The van der Waals surface area contributed by atoms with Crippen molar-refractivity contribution in [2.24, 2.45) is 5.73 Å². The highest BCUT2D eigenvalue weighted by Crippen LogP contribution is 2.25. The minimum absolute atomic E-state index is 0.384. The molecule has 5 heteroatoms. The van der Waals surface area contributed by atoms with E-state index in [0.717, 1.165) is 9.26 Å². The van der Waals surface area contributed by atoms with E-state index in [9.17, 15) is 4.79 Å². The monoisotopic (exact) mass is 353 g/mol. The van der Waals surface area contributed by atoms with Gasteiger partial charge in [-0.3, -0.25) is 4.79 Å². The molecule has 0 radical (unpaired) electrons. The number of nitrogens with two attached hydrogens (primary N) is 2. The summed E-state index contributed by atoms with van der Waals surface area (Å²) < 4.78 is 1.06. The van der Waals surface area contributed by atoms with Gasteiger partial charge >= 0.3 is 0 Å². The zero-order valence-corrected chi connectivity index (χ0v) is 11.6. The molecule has 0 fully saturated rings. The van der Waals surface area contributed by atoms with E-state index in [0.29, 0.717) is 16.9 Å². The zero-order valence-electron chi connectivity index (χ0n) is 9.48. The van der Waals surface area contributed by atoms with Crippen molar-refractivity contribution >= 4 is 45.6 Å². The maximum Gasteiger partial charge on any atom is 0.250 e. The van der Waals surface area contributed by atoms with E-state index in [1.54, 1.807) is 18.2 Å². The molecule has 92 valence electrons. The molecule has 0 aliphatic heterocycles. The molecule has 1 amide bonds. The van der Waals surface area contributed by atoms with Crippen LogP contribution in [0.5, 0.6) is 0 Å². The molecule has 0 bridgehead atoms. The molecule has 0 aromatic heterocycles. The first kappa shape index (κ1) is 12.7. The van der Waals surface area contributed by atoms with Crippen LogP contribution in [0.1, 0.15) is 10.4 Å². The second kappa shape index (κ2) is 5.26. The predicted octanol–water partition coefficient (Wildman–Crippen LogP) is 2.72. The van der Waals surface area contributed by atoms with Crippen LogP contribution in [0.2, 0.25) is 0 Å².